The van der Waals surface area contributed by atoms with E-state index in [9.17, 15) is 4.79 Å². The van der Waals surface area contributed by atoms with E-state index >= 15 is 0 Å². The number of nitrogens with two attached hydrogens (primary N) is 1. The fourth-order valence-corrected chi connectivity index (χ4v) is 2.86. The Labute approximate surface area is 144 Å². The zero-order valence-corrected chi connectivity index (χ0v) is 14.0. The lowest BCUT2D eigenvalue weighted by Crippen LogP contribution is -2.05. The number of hydrogen-bond acceptors (Lipinski definition) is 5. The molecule has 0 radical (unpaired) electrons. The molecular formula is C18H17N3O2S. The monoisotopic (exact) mass is 339 g/mol. The van der Waals surface area contributed by atoms with Gasteiger partial charge >= 0.3 is 0 Å². The van der Waals surface area contributed by atoms with Gasteiger partial charge in [0.05, 0.1) is 5.69 Å². The summed E-state index contributed by atoms with van der Waals surface area (Å²) in [6.45, 7) is 1.88. The minimum absolute atomic E-state index is 0.0957. The topological polar surface area (TPSA) is 77.2 Å². The average Bonchev–Trinajstić information content (AvgIpc) is 3.03. The molecular weight excluding hydrogens is 322 g/mol. The number of nitrogens with one attached hydrogen (secondary N) is 1. The molecule has 0 bridgehead atoms. The van der Waals surface area contributed by atoms with Gasteiger partial charge in [-0.05, 0) is 36.4 Å². The fourth-order valence-electron chi connectivity index (χ4n) is 2.15. The molecule has 3 rings (SSSR count). The van der Waals surface area contributed by atoms with Gasteiger partial charge < -0.3 is 15.8 Å². The van der Waals surface area contributed by atoms with Gasteiger partial charge in [0.15, 0.2) is 0 Å². The summed E-state index contributed by atoms with van der Waals surface area (Å²) in [6, 6.07) is 14.9. The molecule has 6 heteroatoms. The van der Waals surface area contributed by atoms with Crippen LogP contribution in [0.5, 0.6) is 5.75 Å². The Balaban J connectivity index is 1.61. The smallest absolute Gasteiger partial charge is 0.221 e. The van der Waals surface area contributed by atoms with Crippen LogP contribution in [0.15, 0.2) is 53.9 Å². The SMILES string of the molecule is CC(=O)Nc1ccc(OCc2nc(-c3ccc(N)cc3)cs2)cc1. The van der Waals surface area contributed by atoms with Crippen molar-refractivity contribution in [3.8, 4) is 17.0 Å². The van der Waals surface area contributed by atoms with Crippen LogP contribution in [0.25, 0.3) is 11.3 Å². The number of ether oxygens (including phenoxy) is 1. The van der Waals surface area contributed by atoms with Crippen molar-refractivity contribution in [2.45, 2.75) is 13.5 Å². The van der Waals surface area contributed by atoms with Gasteiger partial charge in [-0.1, -0.05) is 12.1 Å². The van der Waals surface area contributed by atoms with Gasteiger partial charge in [-0.25, -0.2) is 4.98 Å². The standard InChI is InChI=1S/C18H17N3O2S/c1-12(22)20-15-6-8-16(9-7-15)23-10-18-21-17(11-24-18)13-2-4-14(19)5-3-13/h2-9,11H,10,19H2,1H3,(H,20,22). The lowest BCUT2D eigenvalue weighted by molar-refractivity contribution is -0.114. The lowest BCUT2D eigenvalue weighted by atomic mass is 10.1. The minimum atomic E-state index is -0.0957. The Morgan fingerprint density at radius 3 is 2.54 bits per heavy atom. The number of nitrogens with zero attached hydrogens (tertiary/aromatic N) is 1. The Morgan fingerprint density at radius 1 is 1.17 bits per heavy atom. The van der Waals surface area contributed by atoms with Crippen molar-refractivity contribution >= 4 is 28.6 Å². The molecule has 0 aliphatic carbocycles. The van der Waals surface area contributed by atoms with Crippen LogP contribution in [0.2, 0.25) is 0 Å². The molecule has 122 valence electrons. The number of carbonyl (C=O) groups excluding carboxylic acids is 1. The van der Waals surface area contributed by atoms with Gasteiger partial charge in [-0.2, -0.15) is 0 Å². The first kappa shape index (κ1) is 16.0. The van der Waals surface area contributed by atoms with Gasteiger partial charge in [0.25, 0.3) is 0 Å². The Hall–Kier alpha value is -2.86. The quantitative estimate of drug-likeness (QED) is 0.691. The molecule has 5 nitrogen and oxygen atoms in total. The van der Waals surface area contributed by atoms with E-state index in [4.69, 9.17) is 10.5 Å². The number of hydrogen-bond donors (Lipinski definition) is 2. The lowest BCUT2D eigenvalue weighted by Gasteiger charge is -2.06. The van der Waals surface area contributed by atoms with Crippen molar-refractivity contribution in [3.05, 3.63) is 58.9 Å². The molecule has 0 saturated carbocycles. The van der Waals surface area contributed by atoms with E-state index in [1.54, 1.807) is 23.5 Å². The minimum Gasteiger partial charge on any atom is -0.486 e. The van der Waals surface area contributed by atoms with Crippen LogP contribution in [0.4, 0.5) is 11.4 Å². The predicted octanol–water partition coefficient (Wildman–Crippen LogP) is 3.93. The number of rotatable bonds is 5. The highest BCUT2D eigenvalue weighted by Crippen LogP contribution is 2.24. The van der Waals surface area contributed by atoms with Crippen molar-refractivity contribution in [2.75, 3.05) is 11.1 Å². The van der Waals surface area contributed by atoms with Gasteiger partial charge in [0.2, 0.25) is 5.91 Å². The molecule has 24 heavy (non-hydrogen) atoms. The van der Waals surface area contributed by atoms with Crippen molar-refractivity contribution < 1.29 is 9.53 Å². The molecule has 0 saturated heterocycles. The highest BCUT2D eigenvalue weighted by atomic mass is 32.1. The largest absolute Gasteiger partial charge is 0.486 e. The number of nitrogen functional groups attached to an aromatic ring is 1. The highest BCUT2D eigenvalue weighted by molar-refractivity contribution is 7.09. The number of aromatic nitrogens is 1. The molecule has 0 atom stereocenters. The number of amides is 1. The second kappa shape index (κ2) is 7.14. The first-order valence-corrected chi connectivity index (χ1v) is 8.29. The third-order valence-electron chi connectivity index (χ3n) is 3.30. The molecule has 3 aromatic rings. The van der Waals surface area contributed by atoms with Gasteiger partial charge in [-0.15, -0.1) is 11.3 Å². The van der Waals surface area contributed by atoms with Crippen LogP contribution in [-0.2, 0) is 11.4 Å². The summed E-state index contributed by atoms with van der Waals surface area (Å²) in [7, 11) is 0. The van der Waals surface area contributed by atoms with Crippen molar-refractivity contribution in [3.63, 3.8) is 0 Å². The molecule has 0 unspecified atom stereocenters. The molecule has 0 spiro atoms. The van der Waals surface area contributed by atoms with Crippen LogP contribution >= 0.6 is 11.3 Å². The molecule has 2 aromatic carbocycles. The molecule has 3 N–H and O–H groups in total. The third kappa shape index (κ3) is 4.11. The van der Waals surface area contributed by atoms with Crippen LogP contribution in [0.1, 0.15) is 11.9 Å². The molecule has 0 aliphatic heterocycles. The summed E-state index contributed by atoms with van der Waals surface area (Å²) in [5, 5.41) is 5.62. The van der Waals surface area contributed by atoms with Crippen molar-refractivity contribution in [2.24, 2.45) is 0 Å². The zero-order valence-electron chi connectivity index (χ0n) is 13.2. The van der Waals surface area contributed by atoms with E-state index in [0.717, 1.165) is 33.4 Å². The molecule has 1 heterocycles. The maximum Gasteiger partial charge on any atom is 0.221 e. The predicted molar refractivity (Wildman–Crippen MR) is 97.0 cm³/mol. The summed E-state index contributed by atoms with van der Waals surface area (Å²) in [4.78, 5) is 15.6. The Morgan fingerprint density at radius 2 is 1.88 bits per heavy atom. The Bertz CT molecular complexity index is 826. The number of anilines is 2. The van der Waals surface area contributed by atoms with E-state index in [1.165, 1.54) is 6.92 Å². The summed E-state index contributed by atoms with van der Waals surface area (Å²) in [5.74, 6) is 0.634. The van der Waals surface area contributed by atoms with Crippen LogP contribution in [-0.4, -0.2) is 10.9 Å². The second-order valence-electron chi connectivity index (χ2n) is 5.24. The van der Waals surface area contributed by atoms with Gasteiger partial charge in [-0.3, -0.25) is 4.79 Å². The number of thiazole rings is 1. The van der Waals surface area contributed by atoms with E-state index < -0.39 is 0 Å². The maximum atomic E-state index is 11.0. The van der Waals surface area contributed by atoms with E-state index in [1.807, 2.05) is 41.8 Å². The normalized spacial score (nSPS) is 10.4. The molecule has 1 amide bonds. The van der Waals surface area contributed by atoms with Crippen molar-refractivity contribution in [1.82, 2.24) is 4.98 Å². The van der Waals surface area contributed by atoms with E-state index in [2.05, 4.69) is 10.3 Å². The van der Waals surface area contributed by atoms with Crippen LogP contribution < -0.4 is 15.8 Å². The van der Waals surface area contributed by atoms with E-state index in [0.29, 0.717) is 6.61 Å². The fraction of sp³-hybridized carbons (Fsp3) is 0.111. The highest BCUT2D eigenvalue weighted by Gasteiger charge is 2.05. The summed E-state index contributed by atoms with van der Waals surface area (Å²) in [5.41, 5.74) is 9.13. The van der Waals surface area contributed by atoms with Gasteiger partial charge in [0, 0.05) is 29.2 Å². The molecule has 0 aliphatic rings. The molecule has 1 aromatic heterocycles. The molecule has 0 fully saturated rings. The van der Waals surface area contributed by atoms with Gasteiger partial charge in [0.1, 0.15) is 17.4 Å². The number of carbonyl (C=O) groups is 1. The first-order chi connectivity index (χ1) is 11.6. The summed E-state index contributed by atoms with van der Waals surface area (Å²) in [6.07, 6.45) is 0. The zero-order chi connectivity index (χ0) is 16.9. The van der Waals surface area contributed by atoms with Crippen LogP contribution in [0.3, 0.4) is 0 Å². The van der Waals surface area contributed by atoms with E-state index in [-0.39, 0.29) is 5.91 Å². The van der Waals surface area contributed by atoms with Crippen molar-refractivity contribution in [1.29, 1.82) is 0 Å². The van der Waals surface area contributed by atoms with Crippen LogP contribution in [0, 0.1) is 0 Å². The third-order valence-corrected chi connectivity index (χ3v) is 4.12. The first-order valence-electron chi connectivity index (χ1n) is 7.41. The number of benzene rings is 2. The average molecular weight is 339 g/mol. The summed E-state index contributed by atoms with van der Waals surface area (Å²) < 4.78 is 5.74. The summed E-state index contributed by atoms with van der Waals surface area (Å²) >= 11 is 1.56. The Kier molecular flexibility index (Phi) is 4.77. The maximum absolute atomic E-state index is 11.0. The second-order valence-corrected chi connectivity index (χ2v) is 6.19.